The van der Waals surface area contributed by atoms with Gasteiger partial charge in [-0.3, -0.25) is 9.69 Å². The van der Waals surface area contributed by atoms with Crippen molar-refractivity contribution < 1.29 is 4.79 Å². The molecule has 0 spiro atoms. The van der Waals surface area contributed by atoms with Crippen LogP contribution in [0.25, 0.3) is 0 Å². The molecule has 2 rings (SSSR count). The van der Waals surface area contributed by atoms with Gasteiger partial charge in [0.05, 0.1) is 6.17 Å². The molecule has 1 aliphatic rings. The second-order valence-corrected chi connectivity index (χ2v) is 4.78. The monoisotopic (exact) mass is 232 g/mol. The number of carbonyl (C=O) groups is 1. The van der Waals surface area contributed by atoms with E-state index in [1.807, 2.05) is 37.3 Å². The Morgan fingerprint density at radius 1 is 1.29 bits per heavy atom. The molecule has 1 saturated heterocycles. The summed E-state index contributed by atoms with van der Waals surface area (Å²) in [6.07, 6.45) is 1.95. The minimum Gasteiger partial charge on any atom is -0.316 e. The molecular formula is C14H20N2O. The molecule has 3 heteroatoms. The second-order valence-electron chi connectivity index (χ2n) is 4.78. The Balaban J connectivity index is 1.95. The number of hydrogen-bond acceptors (Lipinski definition) is 3. The summed E-state index contributed by atoms with van der Waals surface area (Å²) >= 11 is 0. The predicted molar refractivity (Wildman–Crippen MR) is 68.7 cm³/mol. The molecule has 1 unspecified atom stereocenters. The summed E-state index contributed by atoms with van der Waals surface area (Å²) in [6.45, 7) is 3.86. The van der Waals surface area contributed by atoms with E-state index in [1.165, 1.54) is 0 Å². The number of ketones is 1. The fourth-order valence-electron chi connectivity index (χ4n) is 2.41. The first-order valence-corrected chi connectivity index (χ1v) is 6.27. The van der Waals surface area contributed by atoms with Gasteiger partial charge in [-0.15, -0.1) is 0 Å². The van der Waals surface area contributed by atoms with Crippen molar-refractivity contribution in [1.29, 1.82) is 0 Å². The molecule has 0 saturated carbocycles. The summed E-state index contributed by atoms with van der Waals surface area (Å²) in [5.74, 6) is 0.460. The lowest BCUT2D eigenvalue weighted by Gasteiger charge is -2.33. The SMILES string of the molecule is CC(N)N1CCC(C(=O)c2ccccc2)CC1. The van der Waals surface area contributed by atoms with Crippen LogP contribution in [0, 0.1) is 5.92 Å². The van der Waals surface area contributed by atoms with E-state index in [0.29, 0.717) is 0 Å². The molecule has 1 aromatic carbocycles. The third kappa shape index (κ3) is 2.93. The van der Waals surface area contributed by atoms with Gasteiger partial charge in [0.25, 0.3) is 0 Å². The number of rotatable bonds is 3. The minimum absolute atomic E-state index is 0.0998. The second kappa shape index (κ2) is 5.43. The molecule has 1 atom stereocenters. The highest BCUT2D eigenvalue weighted by Gasteiger charge is 2.26. The van der Waals surface area contributed by atoms with Crippen molar-refractivity contribution in [3.05, 3.63) is 35.9 Å². The summed E-state index contributed by atoms with van der Waals surface area (Å²) < 4.78 is 0. The quantitative estimate of drug-likeness (QED) is 0.809. The molecule has 1 heterocycles. The van der Waals surface area contributed by atoms with Crippen molar-refractivity contribution in [2.75, 3.05) is 13.1 Å². The zero-order valence-electron chi connectivity index (χ0n) is 10.3. The lowest BCUT2D eigenvalue weighted by atomic mass is 9.89. The van der Waals surface area contributed by atoms with E-state index in [0.717, 1.165) is 31.5 Å². The van der Waals surface area contributed by atoms with Gasteiger partial charge < -0.3 is 5.73 Å². The molecule has 3 nitrogen and oxygen atoms in total. The van der Waals surface area contributed by atoms with Gasteiger partial charge >= 0.3 is 0 Å². The van der Waals surface area contributed by atoms with Gasteiger partial charge in [0.2, 0.25) is 0 Å². The van der Waals surface area contributed by atoms with Crippen LogP contribution in [0.2, 0.25) is 0 Å². The summed E-state index contributed by atoms with van der Waals surface area (Å²) in [5, 5.41) is 0. The first kappa shape index (κ1) is 12.3. The van der Waals surface area contributed by atoms with Gasteiger partial charge in [-0.05, 0) is 19.8 Å². The van der Waals surface area contributed by atoms with Crippen LogP contribution < -0.4 is 5.73 Å². The zero-order valence-corrected chi connectivity index (χ0v) is 10.3. The van der Waals surface area contributed by atoms with Gasteiger partial charge in [-0.25, -0.2) is 0 Å². The van der Waals surface area contributed by atoms with Crippen molar-refractivity contribution >= 4 is 5.78 Å². The lowest BCUT2D eigenvalue weighted by Crippen LogP contribution is -2.45. The maximum Gasteiger partial charge on any atom is 0.166 e. The van der Waals surface area contributed by atoms with Crippen LogP contribution in [-0.4, -0.2) is 29.9 Å². The van der Waals surface area contributed by atoms with E-state index in [4.69, 9.17) is 5.73 Å². The number of nitrogens with zero attached hydrogens (tertiary/aromatic N) is 1. The van der Waals surface area contributed by atoms with E-state index in [-0.39, 0.29) is 17.9 Å². The molecule has 2 N–H and O–H groups in total. The van der Waals surface area contributed by atoms with Crippen LogP contribution in [0.15, 0.2) is 30.3 Å². The largest absolute Gasteiger partial charge is 0.316 e. The van der Waals surface area contributed by atoms with E-state index in [1.54, 1.807) is 0 Å². The fraction of sp³-hybridized carbons (Fsp3) is 0.500. The maximum absolute atomic E-state index is 12.2. The minimum atomic E-state index is 0.0998. The lowest BCUT2D eigenvalue weighted by molar-refractivity contribution is 0.0805. The van der Waals surface area contributed by atoms with Crippen LogP contribution >= 0.6 is 0 Å². The van der Waals surface area contributed by atoms with E-state index < -0.39 is 0 Å². The first-order chi connectivity index (χ1) is 8.18. The standard InChI is InChI=1S/C14H20N2O/c1-11(15)16-9-7-13(8-10-16)14(17)12-5-3-2-4-6-12/h2-6,11,13H,7-10,15H2,1H3. The Kier molecular flexibility index (Phi) is 3.92. The summed E-state index contributed by atoms with van der Waals surface area (Å²) in [6, 6.07) is 9.59. The van der Waals surface area contributed by atoms with Crippen LogP contribution in [0.4, 0.5) is 0 Å². The van der Waals surface area contributed by atoms with E-state index >= 15 is 0 Å². The fourth-order valence-corrected chi connectivity index (χ4v) is 2.41. The van der Waals surface area contributed by atoms with Crippen LogP contribution in [0.5, 0.6) is 0 Å². The molecule has 0 aromatic heterocycles. The summed E-state index contributed by atoms with van der Waals surface area (Å²) in [4.78, 5) is 14.5. The number of likely N-dealkylation sites (tertiary alicyclic amines) is 1. The number of hydrogen-bond donors (Lipinski definition) is 1. The Bertz CT molecular complexity index is 367. The van der Waals surface area contributed by atoms with Crippen molar-refractivity contribution in [3.8, 4) is 0 Å². The Morgan fingerprint density at radius 2 is 1.88 bits per heavy atom. The topological polar surface area (TPSA) is 46.3 Å². The van der Waals surface area contributed by atoms with Gasteiger partial charge in [0.15, 0.2) is 5.78 Å². The number of benzene rings is 1. The third-order valence-corrected chi connectivity index (χ3v) is 3.53. The number of piperidine rings is 1. The first-order valence-electron chi connectivity index (χ1n) is 6.27. The van der Waals surface area contributed by atoms with Crippen LogP contribution in [0.1, 0.15) is 30.1 Å². The molecule has 0 bridgehead atoms. The van der Waals surface area contributed by atoms with Gasteiger partial charge in [0, 0.05) is 24.6 Å². The molecule has 0 aliphatic carbocycles. The average Bonchev–Trinajstić information content (AvgIpc) is 2.39. The number of Topliss-reactive ketones (excluding diaryl/α,β-unsaturated/α-hetero) is 1. The van der Waals surface area contributed by atoms with Crippen molar-refractivity contribution in [2.24, 2.45) is 11.7 Å². The van der Waals surface area contributed by atoms with Crippen molar-refractivity contribution in [2.45, 2.75) is 25.9 Å². The average molecular weight is 232 g/mol. The van der Waals surface area contributed by atoms with E-state index in [2.05, 4.69) is 4.90 Å². The van der Waals surface area contributed by atoms with Gasteiger partial charge in [-0.2, -0.15) is 0 Å². The molecule has 1 aliphatic heterocycles. The van der Waals surface area contributed by atoms with Crippen molar-refractivity contribution in [3.63, 3.8) is 0 Å². The highest BCUT2D eigenvalue weighted by Crippen LogP contribution is 2.22. The smallest absolute Gasteiger partial charge is 0.166 e. The van der Waals surface area contributed by atoms with Gasteiger partial charge in [0.1, 0.15) is 0 Å². The maximum atomic E-state index is 12.2. The molecule has 17 heavy (non-hydrogen) atoms. The van der Waals surface area contributed by atoms with E-state index in [9.17, 15) is 4.79 Å². The highest BCUT2D eigenvalue weighted by molar-refractivity contribution is 5.97. The van der Waals surface area contributed by atoms with Crippen LogP contribution in [0.3, 0.4) is 0 Å². The molecule has 1 fully saturated rings. The molecule has 0 radical (unpaired) electrons. The Labute approximate surface area is 103 Å². The third-order valence-electron chi connectivity index (χ3n) is 3.53. The normalized spacial score (nSPS) is 20.1. The Hall–Kier alpha value is -1.19. The van der Waals surface area contributed by atoms with Crippen LogP contribution in [-0.2, 0) is 0 Å². The molecule has 1 aromatic rings. The molecule has 0 amide bonds. The predicted octanol–water partition coefficient (Wildman–Crippen LogP) is 1.89. The molecular weight excluding hydrogens is 212 g/mol. The zero-order chi connectivity index (χ0) is 12.3. The van der Waals surface area contributed by atoms with Crippen molar-refractivity contribution in [1.82, 2.24) is 4.90 Å². The van der Waals surface area contributed by atoms with Gasteiger partial charge in [-0.1, -0.05) is 30.3 Å². The Morgan fingerprint density at radius 3 is 2.41 bits per heavy atom. The summed E-state index contributed by atoms with van der Waals surface area (Å²) in [5.41, 5.74) is 6.68. The number of nitrogens with two attached hydrogens (primary N) is 1. The summed E-state index contributed by atoms with van der Waals surface area (Å²) in [7, 11) is 0. The highest BCUT2D eigenvalue weighted by atomic mass is 16.1. The molecule has 92 valence electrons. The number of carbonyl (C=O) groups excluding carboxylic acids is 1.